The van der Waals surface area contributed by atoms with E-state index < -0.39 is 11.9 Å². The highest BCUT2D eigenvalue weighted by Crippen LogP contribution is 2.36. The van der Waals surface area contributed by atoms with E-state index >= 15 is 0 Å². The summed E-state index contributed by atoms with van der Waals surface area (Å²) in [6, 6.07) is 6.07. The zero-order valence-corrected chi connectivity index (χ0v) is 12.6. The van der Waals surface area contributed by atoms with E-state index in [-0.39, 0.29) is 5.75 Å². The molecular formula is C12H10BrClFNOS. The summed E-state index contributed by atoms with van der Waals surface area (Å²) in [6.07, 6.45) is 0. The van der Waals surface area contributed by atoms with Crippen molar-refractivity contribution in [3.05, 3.63) is 49.3 Å². The Morgan fingerprint density at radius 3 is 2.67 bits per heavy atom. The minimum Gasteiger partial charge on any atom is -0.494 e. The zero-order chi connectivity index (χ0) is 13.3. The summed E-state index contributed by atoms with van der Waals surface area (Å²) in [5.74, 6) is -0.219. The van der Waals surface area contributed by atoms with Gasteiger partial charge in [0.25, 0.3) is 0 Å². The number of hydrogen-bond acceptors (Lipinski definition) is 3. The van der Waals surface area contributed by atoms with Crippen molar-refractivity contribution in [1.29, 1.82) is 0 Å². The monoisotopic (exact) mass is 349 g/mol. The Hall–Kier alpha value is -0.620. The molecular weight excluding hydrogens is 341 g/mol. The highest BCUT2D eigenvalue weighted by atomic mass is 79.9. The lowest BCUT2D eigenvalue weighted by Crippen LogP contribution is -2.10. The molecule has 18 heavy (non-hydrogen) atoms. The first-order chi connectivity index (χ1) is 8.52. The molecule has 0 aliphatic heterocycles. The van der Waals surface area contributed by atoms with Gasteiger partial charge in [-0.05, 0) is 39.7 Å². The molecule has 0 amide bonds. The largest absolute Gasteiger partial charge is 0.494 e. The number of hydrogen-bond donors (Lipinski definition) is 1. The number of methoxy groups -OCH3 is 1. The van der Waals surface area contributed by atoms with Gasteiger partial charge in [-0.2, -0.15) is 0 Å². The molecule has 0 saturated carbocycles. The molecule has 2 N–H and O–H groups in total. The summed E-state index contributed by atoms with van der Waals surface area (Å²) in [5.41, 5.74) is 6.76. The van der Waals surface area contributed by atoms with Crippen LogP contribution in [0.5, 0.6) is 5.75 Å². The molecule has 0 radical (unpaired) electrons. The van der Waals surface area contributed by atoms with Gasteiger partial charge < -0.3 is 10.5 Å². The number of ether oxygens (including phenoxy) is 1. The SMILES string of the molecule is COc1ccc(C(N)c2cc(Cl)c(Br)s2)cc1F. The minimum atomic E-state index is -0.424. The van der Waals surface area contributed by atoms with Crippen molar-refractivity contribution >= 4 is 38.9 Å². The molecule has 1 unspecified atom stereocenters. The molecule has 2 rings (SSSR count). The van der Waals surface area contributed by atoms with Crippen LogP contribution in [-0.2, 0) is 0 Å². The van der Waals surface area contributed by atoms with Gasteiger partial charge in [0.05, 0.1) is 22.0 Å². The zero-order valence-electron chi connectivity index (χ0n) is 9.41. The second-order valence-electron chi connectivity index (χ2n) is 3.64. The molecule has 1 aromatic carbocycles. The number of nitrogens with two attached hydrogens (primary N) is 1. The van der Waals surface area contributed by atoms with Crippen LogP contribution in [0, 0.1) is 5.82 Å². The smallest absolute Gasteiger partial charge is 0.165 e. The second-order valence-corrected chi connectivity index (χ2v) is 6.45. The van der Waals surface area contributed by atoms with Crippen molar-refractivity contribution in [2.45, 2.75) is 6.04 Å². The van der Waals surface area contributed by atoms with E-state index in [1.807, 2.05) is 0 Å². The predicted molar refractivity (Wildman–Crippen MR) is 76.0 cm³/mol. The first-order valence-electron chi connectivity index (χ1n) is 5.06. The molecule has 0 aliphatic carbocycles. The Morgan fingerprint density at radius 2 is 2.17 bits per heavy atom. The van der Waals surface area contributed by atoms with Crippen LogP contribution in [0.15, 0.2) is 28.1 Å². The Kier molecular flexibility index (Phi) is 4.27. The Morgan fingerprint density at radius 1 is 1.44 bits per heavy atom. The van der Waals surface area contributed by atoms with Crippen LogP contribution < -0.4 is 10.5 Å². The van der Waals surface area contributed by atoms with E-state index in [0.29, 0.717) is 10.6 Å². The van der Waals surface area contributed by atoms with E-state index in [2.05, 4.69) is 15.9 Å². The van der Waals surface area contributed by atoms with E-state index in [9.17, 15) is 4.39 Å². The lowest BCUT2D eigenvalue weighted by atomic mass is 10.1. The topological polar surface area (TPSA) is 35.2 Å². The Balaban J connectivity index is 2.33. The first-order valence-corrected chi connectivity index (χ1v) is 7.05. The molecule has 1 atom stereocenters. The fourth-order valence-corrected chi connectivity index (χ4v) is 3.33. The number of halogens is 3. The maximum Gasteiger partial charge on any atom is 0.165 e. The van der Waals surface area contributed by atoms with Gasteiger partial charge in [-0.3, -0.25) is 0 Å². The van der Waals surface area contributed by atoms with Crippen LogP contribution in [0.3, 0.4) is 0 Å². The molecule has 1 heterocycles. The van der Waals surface area contributed by atoms with Crippen molar-refractivity contribution in [3.63, 3.8) is 0 Å². The Labute approximate surface area is 122 Å². The molecule has 0 spiro atoms. The average molecular weight is 351 g/mol. The van der Waals surface area contributed by atoms with E-state index in [0.717, 1.165) is 8.66 Å². The van der Waals surface area contributed by atoms with Crippen LogP contribution in [0.25, 0.3) is 0 Å². The molecule has 2 aromatic rings. The van der Waals surface area contributed by atoms with Crippen molar-refractivity contribution < 1.29 is 9.13 Å². The lowest BCUT2D eigenvalue weighted by Gasteiger charge is -2.11. The summed E-state index contributed by atoms with van der Waals surface area (Å²) < 4.78 is 19.3. The van der Waals surface area contributed by atoms with Gasteiger partial charge in [0.1, 0.15) is 0 Å². The highest BCUT2D eigenvalue weighted by Gasteiger charge is 2.15. The predicted octanol–water partition coefficient (Wildman–Crippen LogP) is 4.36. The number of thiophene rings is 1. The quantitative estimate of drug-likeness (QED) is 0.892. The van der Waals surface area contributed by atoms with Crippen molar-refractivity contribution in [3.8, 4) is 5.75 Å². The summed E-state index contributed by atoms with van der Waals surface area (Å²) in [5, 5.41) is 0.611. The number of benzene rings is 1. The van der Waals surface area contributed by atoms with E-state index in [4.69, 9.17) is 22.1 Å². The molecule has 0 aliphatic rings. The molecule has 2 nitrogen and oxygen atoms in total. The van der Waals surface area contributed by atoms with Gasteiger partial charge in [0, 0.05) is 4.88 Å². The van der Waals surface area contributed by atoms with E-state index in [1.165, 1.54) is 24.5 Å². The second kappa shape index (κ2) is 5.57. The minimum absolute atomic E-state index is 0.205. The van der Waals surface area contributed by atoms with Crippen molar-refractivity contribution in [2.24, 2.45) is 5.73 Å². The van der Waals surface area contributed by atoms with Gasteiger partial charge in [0.15, 0.2) is 11.6 Å². The molecule has 6 heteroatoms. The van der Waals surface area contributed by atoms with Crippen LogP contribution in [-0.4, -0.2) is 7.11 Å². The van der Waals surface area contributed by atoms with Gasteiger partial charge in [-0.1, -0.05) is 17.7 Å². The summed E-state index contributed by atoms with van der Waals surface area (Å²) in [7, 11) is 1.42. The highest BCUT2D eigenvalue weighted by molar-refractivity contribution is 9.11. The summed E-state index contributed by atoms with van der Waals surface area (Å²) in [6.45, 7) is 0. The maximum absolute atomic E-state index is 13.6. The third-order valence-electron chi connectivity index (χ3n) is 2.51. The van der Waals surface area contributed by atoms with Crippen LogP contribution >= 0.6 is 38.9 Å². The number of rotatable bonds is 3. The molecule has 1 aromatic heterocycles. The van der Waals surface area contributed by atoms with Crippen LogP contribution in [0.4, 0.5) is 4.39 Å². The molecule has 96 valence electrons. The van der Waals surface area contributed by atoms with Gasteiger partial charge in [-0.25, -0.2) is 4.39 Å². The maximum atomic E-state index is 13.6. The van der Waals surface area contributed by atoms with E-state index in [1.54, 1.807) is 18.2 Å². The Bertz CT molecular complexity index is 556. The van der Waals surface area contributed by atoms with Gasteiger partial charge in [0.2, 0.25) is 0 Å². The average Bonchev–Trinajstić information content (AvgIpc) is 2.68. The molecule has 0 saturated heterocycles. The fraction of sp³-hybridized carbons (Fsp3) is 0.167. The first kappa shape index (κ1) is 13.8. The van der Waals surface area contributed by atoms with Gasteiger partial charge >= 0.3 is 0 Å². The van der Waals surface area contributed by atoms with Crippen molar-refractivity contribution in [1.82, 2.24) is 0 Å². The molecule has 0 fully saturated rings. The molecule has 0 bridgehead atoms. The normalized spacial score (nSPS) is 12.5. The summed E-state index contributed by atoms with van der Waals surface area (Å²) in [4.78, 5) is 0.872. The van der Waals surface area contributed by atoms with Crippen LogP contribution in [0.2, 0.25) is 5.02 Å². The fourth-order valence-electron chi connectivity index (χ4n) is 1.56. The van der Waals surface area contributed by atoms with Crippen LogP contribution in [0.1, 0.15) is 16.5 Å². The summed E-state index contributed by atoms with van der Waals surface area (Å²) >= 11 is 10.7. The lowest BCUT2D eigenvalue weighted by molar-refractivity contribution is 0.386. The standard InChI is InChI=1S/C12H10BrClFNOS/c1-17-9-3-2-6(4-8(9)15)11(16)10-5-7(14)12(13)18-10/h2-5,11H,16H2,1H3. The van der Waals surface area contributed by atoms with Crippen molar-refractivity contribution in [2.75, 3.05) is 7.11 Å². The van der Waals surface area contributed by atoms with Gasteiger partial charge in [-0.15, -0.1) is 11.3 Å². The third kappa shape index (κ3) is 2.69. The third-order valence-corrected chi connectivity index (χ3v) is 5.06.